The maximum absolute atomic E-state index is 9.76. The predicted molar refractivity (Wildman–Crippen MR) is 87.0 cm³/mol. The van der Waals surface area contributed by atoms with Crippen LogP contribution in [0.2, 0.25) is 0 Å². The maximum Gasteiger partial charge on any atom is 0.118 e. The smallest absolute Gasteiger partial charge is 0.118 e. The molecule has 0 aliphatic heterocycles. The normalized spacial score (nSPS) is 10.4. The van der Waals surface area contributed by atoms with Gasteiger partial charge in [-0.05, 0) is 42.2 Å². The Morgan fingerprint density at radius 1 is 1.05 bits per heavy atom. The molecule has 0 saturated carbocycles. The number of thioether (sulfide) groups is 1. The van der Waals surface area contributed by atoms with Crippen molar-refractivity contribution in [1.82, 2.24) is 0 Å². The van der Waals surface area contributed by atoms with Gasteiger partial charge in [0.15, 0.2) is 0 Å². The van der Waals surface area contributed by atoms with Crippen molar-refractivity contribution in [2.45, 2.75) is 11.3 Å². The summed E-state index contributed by atoms with van der Waals surface area (Å²) in [5, 5.41) is 13.0. The number of thiol groups is 1. The molecule has 0 heterocycles. The molecular weight excluding hydrogens is 274 g/mol. The van der Waals surface area contributed by atoms with Crippen molar-refractivity contribution in [2.24, 2.45) is 0 Å². The quantitative estimate of drug-likeness (QED) is 0.415. The van der Waals surface area contributed by atoms with E-state index >= 15 is 0 Å². The van der Waals surface area contributed by atoms with Gasteiger partial charge >= 0.3 is 0 Å². The van der Waals surface area contributed by atoms with E-state index in [0.29, 0.717) is 0 Å². The summed E-state index contributed by atoms with van der Waals surface area (Å²) in [4.78, 5) is 1.07. The highest BCUT2D eigenvalue weighted by molar-refractivity contribution is 7.99. The Kier molecular flexibility index (Phi) is 5.48. The molecule has 0 radical (unpaired) electrons. The van der Waals surface area contributed by atoms with Crippen LogP contribution >= 0.6 is 24.4 Å². The summed E-state index contributed by atoms with van der Waals surface area (Å²) in [7, 11) is 0. The van der Waals surface area contributed by atoms with Crippen LogP contribution < -0.4 is 5.32 Å². The second-order valence-corrected chi connectivity index (χ2v) is 5.75. The predicted octanol–water partition coefficient (Wildman–Crippen LogP) is 4.55. The molecule has 0 unspecified atom stereocenters. The summed E-state index contributed by atoms with van der Waals surface area (Å²) in [6.45, 7) is 0. The Hall–Kier alpha value is -1.26. The monoisotopic (exact) mass is 291 g/mol. The maximum atomic E-state index is 9.76. The highest BCUT2D eigenvalue weighted by atomic mass is 32.2. The summed E-state index contributed by atoms with van der Waals surface area (Å²) >= 11 is 5.93. The lowest BCUT2D eigenvalue weighted by atomic mass is 10.2. The molecule has 0 aliphatic rings. The average molecular weight is 291 g/mol. The van der Waals surface area contributed by atoms with Crippen LogP contribution in [0.1, 0.15) is 6.42 Å². The van der Waals surface area contributed by atoms with E-state index in [9.17, 15) is 5.11 Å². The second kappa shape index (κ2) is 7.36. The van der Waals surface area contributed by atoms with Crippen molar-refractivity contribution in [3.05, 3.63) is 48.5 Å². The van der Waals surface area contributed by atoms with Gasteiger partial charge in [-0.15, -0.1) is 11.8 Å². The van der Waals surface area contributed by atoms with E-state index in [4.69, 9.17) is 0 Å². The molecule has 0 bridgehead atoms. The van der Waals surface area contributed by atoms with E-state index in [-0.39, 0.29) is 5.75 Å². The third kappa shape index (κ3) is 4.73. The molecule has 0 amide bonds. The molecule has 2 rings (SSSR count). The lowest BCUT2D eigenvalue weighted by Crippen LogP contribution is -1.90. The third-order valence-corrected chi connectivity index (χ3v) is 3.90. The van der Waals surface area contributed by atoms with Crippen molar-refractivity contribution in [2.75, 3.05) is 16.8 Å². The van der Waals surface area contributed by atoms with Gasteiger partial charge in [0.2, 0.25) is 0 Å². The van der Waals surface area contributed by atoms with Crippen molar-refractivity contribution in [1.29, 1.82) is 0 Å². The lowest BCUT2D eigenvalue weighted by Gasteiger charge is -2.09. The number of anilines is 2. The molecule has 2 nitrogen and oxygen atoms in total. The molecule has 0 aromatic heterocycles. The summed E-state index contributed by atoms with van der Waals surface area (Å²) < 4.78 is 0. The largest absolute Gasteiger partial charge is 0.508 e. The van der Waals surface area contributed by atoms with Gasteiger partial charge in [-0.1, -0.05) is 18.2 Å². The number of hydrogen-bond donors (Lipinski definition) is 3. The number of phenols is 1. The average Bonchev–Trinajstić information content (AvgIpc) is 2.39. The fraction of sp³-hybridized carbons (Fsp3) is 0.200. The minimum absolute atomic E-state index is 0.286. The lowest BCUT2D eigenvalue weighted by molar-refractivity contribution is 0.474. The van der Waals surface area contributed by atoms with E-state index in [2.05, 4.69) is 24.0 Å². The molecule has 2 aromatic rings. The van der Waals surface area contributed by atoms with Gasteiger partial charge in [-0.25, -0.2) is 0 Å². The van der Waals surface area contributed by atoms with Crippen LogP contribution in [0.4, 0.5) is 11.4 Å². The number of aromatic hydroxyl groups is 1. The second-order valence-electron chi connectivity index (χ2n) is 4.13. The summed E-state index contributed by atoms with van der Waals surface area (Å²) in [6, 6.07) is 15.5. The van der Waals surface area contributed by atoms with Gasteiger partial charge in [0.05, 0.1) is 0 Å². The number of hydrogen-bond acceptors (Lipinski definition) is 4. The molecule has 4 heteroatoms. The van der Waals surface area contributed by atoms with E-state index in [0.717, 1.165) is 34.2 Å². The van der Waals surface area contributed by atoms with Gasteiger partial charge in [0, 0.05) is 22.3 Å². The van der Waals surface area contributed by atoms with Gasteiger partial charge in [-0.2, -0.15) is 12.6 Å². The molecule has 19 heavy (non-hydrogen) atoms. The van der Waals surface area contributed by atoms with Gasteiger partial charge in [-0.3, -0.25) is 0 Å². The van der Waals surface area contributed by atoms with Crippen LogP contribution in [0.3, 0.4) is 0 Å². The van der Waals surface area contributed by atoms with E-state index in [1.54, 1.807) is 23.9 Å². The Morgan fingerprint density at radius 2 is 1.84 bits per heavy atom. The molecule has 0 saturated heterocycles. The minimum Gasteiger partial charge on any atom is -0.508 e. The minimum atomic E-state index is 0.286. The fourth-order valence-electron chi connectivity index (χ4n) is 1.68. The molecule has 2 N–H and O–H groups in total. The van der Waals surface area contributed by atoms with E-state index in [1.165, 1.54) is 0 Å². The first-order chi connectivity index (χ1) is 9.28. The van der Waals surface area contributed by atoms with Crippen LogP contribution in [0.5, 0.6) is 5.75 Å². The zero-order chi connectivity index (χ0) is 13.5. The first-order valence-corrected chi connectivity index (χ1v) is 7.79. The highest BCUT2D eigenvalue weighted by Crippen LogP contribution is 2.29. The first-order valence-electron chi connectivity index (χ1n) is 6.18. The van der Waals surface area contributed by atoms with Crippen LogP contribution in [-0.4, -0.2) is 16.6 Å². The molecule has 0 fully saturated rings. The topological polar surface area (TPSA) is 32.3 Å². The van der Waals surface area contributed by atoms with Crippen LogP contribution in [0.15, 0.2) is 53.4 Å². The summed E-state index contributed by atoms with van der Waals surface area (Å²) in [5.74, 6) is 2.19. The Morgan fingerprint density at radius 3 is 2.58 bits per heavy atom. The van der Waals surface area contributed by atoms with E-state index < -0.39 is 0 Å². The summed E-state index contributed by atoms with van der Waals surface area (Å²) in [5.41, 5.74) is 1.92. The van der Waals surface area contributed by atoms with Crippen molar-refractivity contribution >= 4 is 35.8 Å². The van der Waals surface area contributed by atoms with Crippen LogP contribution in [-0.2, 0) is 0 Å². The molecule has 0 atom stereocenters. The molecule has 0 spiro atoms. The van der Waals surface area contributed by atoms with E-state index in [1.807, 2.05) is 30.3 Å². The molecule has 100 valence electrons. The Bertz CT molecular complexity index is 517. The number of para-hydroxylation sites is 1. The van der Waals surface area contributed by atoms with Crippen molar-refractivity contribution in [3.63, 3.8) is 0 Å². The Labute approximate surface area is 123 Å². The highest BCUT2D eigenvalue weighted by Gasteiger charge is 2.01. The third-order valence-electron chi connectivity index (χ3n) is 2.52. The number of nitrogens with one attached hydrogen (secondary N) is 1. The first kappa shape index (κ1) is 14.2. The Balaban J connectivity index is 2.08. The SMILES string of the molecule is Oc1cc(Nc2ccccc2)cc(SCCCS)c1. The molecule has 2 aromatic carbocycles. The fourth-order valence-corrected chi connectivity index (χ4v) is 2.99. The van der Waals surface area contributed by atoms with Gasteiger partial charge < -0.3 is 10.4 Å². The number of benzene rings is 2. The van der Waals surface area contributed by atoms with Gasteiger partial charge in [0.25, 0.3) is 0 Å². The summed E-state index contributed by atoms with van der Waals surface area (Å²) in [6.07, 6.45) is 1.06. The van der Waals surface area contributed by atoms with Crippen molar-refractivity contribution in [3.8, 4) is 5.75 Å². The number of phenolic OH excluding ortho intramolecular Hbond substituents is 1. The molecular formula is C15H17NOS2. The zero-order valence-electron chi connectivity index (χ0n) is 10.5. The van der Waals surface area contributed by atoms with Gasteiger partial charge in [0.1, 0.15) is 5.75 Å². The molecule has 0 aliphatic carbocycles. The number of rotatable bonds is 6. The van der Waals surface area contributed by atoms with Crippen molar-refractivity contribution < 1.29 is 5.11 Å². The standard InChI is InChI=1S/C15H17NOS2/c17-14-9-13(16-12-5-2-1-3-6-12)10-15(11-14)19-8-4-7-18/h1-3,5-6,9-11,16-18H,4,7-8H2. The zero-order valence-corrected chi connectivity index (χ0v) is 12.3. The van der Waals surface area contributed by atoms with Crippen LogP contribution in [0, 0.1) is 0 Å². The van der Waals surface area contributed by atoms with Crippen LogP contribution in [0.25, 0.3) is 0 Å².